The molecule has 0 radical (unpaired) electrons. The predicted molar refractivity (Wildman–Crippen MR) is 59.9 cm³/mol. The van der Waals surface area contributed by atoms with Crippen LogP contribution in [-0.4, -0.2) is 12.3 Å². The van der Waals surface area contributed by atoms with Crippen LogP contribution in [0.2, 0.25) is 5.02 Å². The van der Waals surface area contributed by atoms with Crippen LogP contribution in [-0.2, 0) is 20.9 Å². The summed E-state index contributed by atoms with van der Waals surface area (Å²) in [6.45, 7) is 2.37. The van der Waals surface area contributed by atoms with Gasteiger partial charge >= 0.3 is 5.97 Å². The van der Waals surface area contributed by atoms with E-state index in [1.165, 1.54) is 0 Å². The Morgan fingerprint density at radius 2 is 2.12 bits per heavy atom. The molecule has 1 unspecified atom stereocenters. The van der Waals surface area contributed by atoms with Crippen molar-refractivity contribution >= 4 is 17.6 Å². The van der Waals surface area contributed by atoms with Crippen LogP contribution in [0.15, 0.2) is 24.3 Å². The highest BCUT2D eigenvalue weighted by Gasteiger charge is 2.31. The van der Waals surface area contributed by atoms with Crippen molar-refractivity contribution in [2.45, 2.75) is 26.2 Å². The molecule has 1 heterocycles. The summed E-state index contributed by atoms with van der Waals surface area (Å²) in [6.07, 6.45) is 0.0221. The zero-order chi connectivity index (χ0) is 11.5. The number of cyclic esters (lactones) is 1. The van der Waals surface area contributed by atoms with Crippen LogP contribution in [0.1, 0.15) is 18.9 Å². The molecule has 16 heavy (non-hydrogen) atoms. The highest BCUT2D eigenvalue weighted by molar-refractivity contribution is 6.30. The van der Waals surface area contributed by atoms with E-state index in [0.29, 0.717) is 18.1 Å². The monoisotopic (exact) mass is 240 g/mol. The fourth-order valence-corrected chi connectivity index (χ4v) is 1.74. The van der Waals surface area contributed by atoms with Crippen molar-refractivity contribution < 1.29 is 14.3 Å². The van der Waals surface area contributed by atoms with Crippen LogP contribution in [0.3, 0.4) is 0 Å². The van der Waals surface area contributed by atoms with Crippen molar-refractivity contribution in [2.75, 3.05) is 0 Å². The second-order valence-electron chi connectivity index (χ2n) is 3.98. The molecule has 2 atom stereocenters. The molecule has 0 saturated carbocycles. The molecular weight excluding hydrogens is 228 g/mol. The van der Waals surface area contributed by atoms with E-state index in [4.69, 9.17) is 21.1 Å². The van der Waals surface area contributed by atoms with Crippen molar-refractivity contribution in [3.63, 3.8) is 0 Å². The van der Waals surface area contributed by atoms with Gasteiger partial charge in [0, 0.05) is 10.9 Å². The third-order valence-corrected chi connectivity index (χ3v) is 2.78. The molecule has 1 aromatic rings. The quantitative estimate of drug-likeness (QED) is 0.762. The van der Waals surface area contributed by atoms with Gasteiger partial charge in [0.15, 0.2) is 0 Å². The lowest BCUT2D eigenvalue weighted by atomic mass is 10.1. The van der Waals surface area contributed by atoms with Gasteiger partial charge < -0.3 is 9.47 Å². The van der Waals surface area contributed by atoms with Gasteiger partial charge in [0.25, 0.3) is 0 Å². The van der Waals surface area contributed by atoms with Gasteiger partial charge in [-0.3, -0.25) is 4.79 Å². The first-order chi connectivity index (χ1) is 7.65. The molecule has 0 aromatic heterocycles. The van der Waals surface area contributed by atoms with Gasteiger partial charge in [-0.2, -0.15) is 0 Å². The molecule has 2 rings (SSSR count). The topological polar surface area (TPSA) is 35.5 Å². The Bertz CT molecular complexity index is 374. The standard InChI is InChI=1S/C12H13ClO3/c1-8-6-11(14)16-12(8)15-7-9-2-4-10(13)5-3-9/h2-5,8,12H,6-7H2,1H3/t8-,12?/m0/s1. The van der Waals surface area contributed by atoms with Gasteiger partial charge in [0.1, 0.15) is 0 Å². The number of hydrogen-bond acceptors (Lipinski definition) is 3. The zero-order valence-corrected chi connectivity index (χ0v) is 9.74. The highest BCUT2D eigenvalue weighted by atomic mass is 35.5. The van der Waals surface area contributed by atoms with Crippen molar-refractivity contribution in [1.82, 2.24) is 0 Å². The second kappa shape index (κ2) is 4.85. The van der Waals surface area contributed by atoms with Crippen molar-refractivity contribution in [3.8, 4) is 0 Å². The molecule has 0 spiro atoms. The number of ether oxygens (including phenoxy) is 2. The lowest BCUT2D eigenvalue weighted by Gasteiger charge is -2.14. The summed E-state index contributed by atoms with van der Waals surface area (Å²) in [5.74, 6) is -0.0617. The van der Waals surface area contributed by atoms with Gasteiger partial charge in [0.05, 0.1) is 13.0 Å². The van der Waals surface area contributed by atoms with E-state index >= 15 is 0 Å². The Kier molecular flexibility index (Phi) is 3.46. The van der Waals surface area contributed by atoms with E-state index < -0.39 is 6.29 Å². The first kappa shape index (κ1) is 11.4. The summed E-state index contributed by atoms with van der Waals surface area (Å²) >= 11 is 5.77. The molecule has 0 bridgehead atoms. The molecule has 1 aliphatic heterocycles. The maximum Gasteiger partial charge on any atom is 0.308 e. The maximum absolute atomic E-state index is 11.0. The lowest BCUT2D eigenvalue weighted by molar-refractivity contribution is -0.169. The second-order valence-corrected chi connectivity index (χ2v) is 4.41. The number of hydrogen-bond donors (Lipinski definition) is 0. The Morgan fingerprint density at radius 1 is 1.44 bits per heavy atom. The van der Waals surface area contributed by atoms with Crippen LogP contribution >= 0.6 is 11.6 Å². The van der Waals surface area contributed by atoms with Crippen molar-refractivity contribution in [1.29, 1.82) is 0 Å². The van der Waals surface area contributed by atoms with Gasteiger partial charge in [-0.15, -0.1) is 0 Å². The summed E-state index contributed by atoms with van der Waals surface area (Å²) in [7, 11) is 0. The number of benzene rings is 1. The Hall–Kier alpha value is -1.06. The summed E-state index contributed by atoms with van der Waals surface area (Å²) in [6, 6.07) is 7.40. The van der Waals surface area contributed by atoms with E-state index in [1.807, 2.05) is 31.2 Å². The molecule has 0 aliphatic carbocycles. The lowest BCUT2D eigenvalue weighted by Crippen LogP contribution is -2.17. The first-order valence-corrected chi connectivity index (χ1v) is 5.58. The third-order valence-electron chi connectivity index (χ3n) is 2.53. The molecule has 1 aromatic carbocycles. The Morgan fingerprint density at radius 3 is 2.69 bits per heavy atom. The average molecular weight is 241 g/mol. The fraction of sp³-hybridized carbons (Fsp3) is 0.417. The number of esters is 1. The normalized spacial score (nSPS) is 24.5. The van der Waals surface area contributed by atoms with E-state index in [0.717, 1.165) is 5.56 Å². The van der Waals surface area contributed by atoms with E-state index in [2.05, 4.69) is 0 Å². The van der Waals surface area contributed by atoms with Gasteiger partial charge in [0.2, 0.25) is 6.29 Å². The molecule has 1 saturated heterocycles. The minimum atomic E-state index is -0.414. The zero-order valence-electron chi connectivity index (χ0n) is 8.98. The van der Waals surface area contributed by atoms with Crippen LogP contribution in [0.4, 0.5) is 0 Å². The first-order valence-electron chi connectivity index (χ1n) is 5.20. The Labute approximate surface area is 99.3 Å². The third kappa shape index (κ3) is 2.74. The summed E-state index contributed by atoms with van der Waals surface area (Å²) in [5.41, 5.74) is 1.01. The van der Waals surface area contributed by atoms with Crippen LogP contribution in [0.25, 0.3) is 0 Å². The average Bonchev–Trinajstić information content (AvgIpc) is 2.57. The SMILES string of the molecule is C[C@H]1CC(=O)OC1OCc1ccc(Cl)cc1. The highest BCUT2D eigenvalue weighted by Crippen LogP contribution is 2.23. The molecule has 86 valence electrons. The van der Waals surface area contributed by atoms with Crippen LogP contribution < -0.4 is 0 Å². The Balaban J connectivity index is 1.88. The number of rotatable bonds is 3. The van der Waals surface area contributed by atoms with Gasteiger partial charge in [-0.05, 0) is 17.7 Å². The van der Waals surface area contributed by atoms with Crippen molar-refractivity contribution in [3.05, 3.63) is 34.9 Å². The van der Waals surface area contributed by atoms with E-state index in [9.17, 15) is 4.79 Å². The molecule has 0 N–H and O–H groups in total. The van der Waals surface area contributed by atoms with Crippen LogP contribution in [0.5, 0.6) is 0 Å². The number of halogens is 1. The summed E-state index contributed by atoms with van der Waals surface area (Å²) in [5, 5.41) is 0.699. The summed E-state index contributed by atoms with van der Waals surface area (Å²) < 4.78 is 10.6. The van der Waals surface area contributed by atoms with Gasteiger partial charge in [-0.25, -0.2) is 0 Å². The minimum Gasteiger partial charge on any atom is -0.435 e. The fourth-order valence-electron chi connectivity index (χ4n) is 1.61. The van der Waals surface area contributed by atoms with Gasteiger partial charge in [-0.1, -0.05) is 30.7 Å². The van der Waals surface area contributed by atoms with Crippen LogP contribution in [0, 0.1) is 5.92 Å². The number of carbonyl (C=O) groups is 1. The van der Waals surface area contributed by atoms with E-state index in [1.54, 1.807) is 0 Å². The molecule has 0 amide bonds. The molecule has 1 fully saturated rings. The molecule has 4 heteroatoms. The summed E-state index contributed by atoms with van der Waals surface area (Å²) in [4.78, 5) is 11.0. The van der Waals surface area contributed by atoms with Crippen molar-refractivity contribution in [2.24, 2.45) is 5.92 Å². The number of carbonyl (C=O) groups excluding carboxylic acids is 1. The predicted octanol–water partition coefficient (Wildman–Crippen LogP) is 2.77. The largest absolute Gasteiger partial charge is 0.435 e. The molecular formula is C12H13ClO3. The smallest absolute Gasteiger partial charge is 0.308 e. The molecule has 1 aliphatic rings. The maximum atomic E-state index is 11.0. The minimum absolute atomic E-state index is 0.125. The van der Waals surface area contributed by atoms with E-state index in [-0.39, 0.29) is 11.9 Å². The molecule has 3 nitrogen and oxygen atoms in total.